The van der Waals surface area contributed by atoms with E-state index in [9.17, 15) is 4.79 Å². The van der Waals surface area contributed by atoms with E-state index in [1.807, 2.05) is 0 Å². The van der Waals surface area contributed by atoms with Gasteiger partial charge in [0.15, 0.2) is 6.61 Å². The summed E-state index contributed by atoms with van der Waals surface area (Å²) in [7, 11) is 1.59. The summed E-state index contributed by atoms with van der Waals surface area (Å²) in [6, 6.07) is 14.0. The minimum atomic E-state index is -0.274. The number of nitrogens with one attached hydrogen (secondary N) is 2. The number of hydrogen-bond donors (Lipinski definition) is 2. The Morgan fingerprint density at radius 1 is 1.17 bits per heavy atom. The smallest absolute Gasteiger partial charge is 0.259 e. The summed E-state index contributed by atoms with van der Waals surface area (Å²) in [5.41, 5.74) is 1.07. The Hall–Kier alpha value is -3.42. The number of anilines is 1. The number of carbonyl (C=O) groups is 1. The van der Waals surface area contributed by atoms with Crippen LogP contribution in [0.2, 0.25) is 0 Å². The van der Waals surface area contributed by atoms with Crippen LogP contribution < -0.4 is 14.8 Å². The fourth-order valence-electron chi connectivity index (χ4n) is 2.04. The molecule has 0 aliphatic heterocycles. The van der Waals surface area contributed by atoms with Crippen LogP contribution >= 0.6 is 0 Å². The monoisotopic (exact) mass is 325 g/mol. The number of amides is 1. The van der Waals surface area contributed by atoms with Crippen molar-refractivity contribution in [3.05, 3.63) is 59.9 Å². The normalized spacial score (nSPS) is 10.2. The van der Waals surface area contributed by atoms with E-state index in [1.165, 1.54) is 0 Å². The second-order valence-corrected chi connectivity index (χ2v) is 4.80. The predicted molar refractivity (Wildman–Crippen MR) is 85.9 cm³/mol. The standard InChI is InChI=1S/C16H15N5O3/c1-23-12-8-6-11(7-9-12)17-16(22)13-4-2-3-5-14(13)24-10-15-18-20-21-19-15/h2-9H,10H2,1H3,(H,17,22)(H,18,19,20,21). The molecule has 0 radical (unpaired) electrons. The third kappa shape index (κ3) is 3.67. The summed E-state index contributed by atoms with van der Waals surface area (Å²) in [5, 5.41) is 16.2. The van der Waals surface area contributed by atoms with Gasteiger partial charge in [0.25, 0.3) is 5.91 Å². The first-order valence-corrected chi connectivity index (χ1v) is 7.16. The number of aromatic amines is 1. The lowest BCUT2D eigenvalue weighted by Gasteiger charge is -2.11. The zero-order valence-electron chi connectivity index (χ0n) is 12.9. The Balaban J connectivity index is 1.71. The number of H-pyrrole nitrogens is 1. The first-order chi connectivity index (χ1) is 11.8. The molecule has 2 N–H and O–H groups in total. The van der Waals surface area contributed by atoms with Gasteiger partial charge in [0, 0.05) is 5.69 Å². The van der Waals surface area contributed by atoms with E-state index in [2.05, 4.69) is 25.9 Å². The number of para-hydroxylation sites is 1. The molecule has 1 amide bonds. The lowest BCUT2D eigenvalue weighted by Crippen LogP contribution is -2.13. The van der Waals surface area contributed by atoms with E-state index in [4.69, 9.17) is 9.47 Å². The molecule has 24 heavy (non-hydrogen) atoms. The summed E-state index contributed by atoms with van der Waals surface area (Å²) >= 11 is 0. The van der Waals surface area contributed by atoms with Gasteiger partial charge in [0.1, 0.15) is 11.5 Å². The van der Waals surface area contributed by atoms with Gasteiger partial charge in [-0.25, -0.2) is 0 Å². The van der Waals surface area contributed by atoms with Gasteiger partial charge < -0.3 is 14.8 Å². The molecule has 8 heteroatoms. The van der Waals surface area contributed by atoms with Crippen LogP contribution in [0.4, 0.5) is 5.69 Å². The van der Waals surface area contributed by atoms with E-state index < -0.39 is 0 Å². The molecule has 0 spiro atoms. The van der Waals surface area contributed by atoms with Crippen molar-refractivity contribution in [1.82, 2.24) is 20.6 Å². The van der Waals surface area contributed by atoms with Crippen molar-refractivity contribution in [3.63, 3.8) is 0 Å². The van der Waals surface area contributed by atoms with E-state index in [-0.39, 0.29) is 12.5 Å². The minimum absolute atomic E-state index is 0.114. The van der Waals surface area contributed by atoms with Crippen molar-refractivity contribution < 1.29 is 14.3 Å². The van der Waals surface area contributed by atoms with E-state index in [1.54, 1.807) is 55.6 Å². The van der Waals surface area contributed by atoms with Crippen molar-refractivity contribution in [2.24, 2.45) is 0 Å². The molecule has 2 aromatic carbocycles. The second kappa shape index (κ2) is 7.23. The highest BCUT2D eigenvalue weighted by Gasteiger charge is 2.13. The summed E-state index contributed by atoms with van der Waals surface area (Å²) in [6.07, 6.45) is 0. The molecule has 0 atom stereocenters. The Kier molecular flexibility index (Phi) is 4.66. The number of ether oxygens (including phenoxy) is 2. The lowest BCUT2D eigenvalue weighted by atomic mass is 10.2. The van der Waals surface area contributed by atoms with Crippen LogP contribution in [-0.4, -0.2) is 33.6 Å². The van der Waals surface area contributed by atoms with Gasteiger partial charge in [0.05, 0.1) is 12.7 Å². The number of tetrazole rings is 1. The minimum Gasteiger partial charge on any atom is -0.497 e. The molecule has 0 saturated carbocycles. The molecule has 1 aromatic heterocycles. The summed E-state index contributed by atoms with van der Waals surface area (Å²) in [5.74, 6) is 1.29. The average Bonchev–Trinajstić information content (AvgIpc) is 3.14. The highest BCUT2D eigenvalue weighted by atomic mass is 16.5. The number of benzene rings is 2. The Labute approximate surface area is 137 Å². The van der Waals surface area contributed by atoms with Gasteiger partial charge in [0.2, 0.25) is 5.82 Å². The van der Waals surface area contributed by atoms with Crippen LogP contribution in [0, 0.1) is 0 Å². The van der Waals surface area contributed by atoms with Crippen molar-refractivity contribution in [1.29, 1.82) is 0 Å². The number of aromatic nitrogens is 4. The van der Waals surface area contributed by atoms with Crippen LogP contribution in [0.25, 0.3) is 0 Å². The summed E-state index contributed by atoms with van der Waals surface area (Å²) in [6.45, 7) is 0.114. The fraction of sp³-hybridized carbons (Fsp3) is 0.125. The number of carbonyl (C=O) groups excluding carboxylic acids is 1. The molecule has 3 aromatic rings. The first kappa shape index (κ1) is 15.5. The SMILES string of the molecule is COc1ccc(NC(=O)c2ccccc2OCc2nn[nH]n2)cc1. The molecule has 0 aliphatic rings. The molecular formula is C16H15N5O3. The third-order valence-corrected chi connectivity index (χ3v) is 3.23. The molecular weight excluding hydrogens is 310 g/mol. The highest BCUT2D eigenvalue weighted by molar-refractivity contribution is 6.06. The molecule has 0 bridgehead atoms. The maximum atomic E-state index is 12.5. The molecule has 8 nitrogen and oxygen atoms in total. The van der Waals surface area contributed by atoms with Crippen LogP contribution in [-0.2, 0) is 6.61 Å². The average molecular weight is 325 g/mol. The number of rotatable bonds is 6. The number of methoxy groups -OCH3 is 1. The Bertz CT molecular complexity index is 803. The quantitative estimate of drug-likeness (QED) is 0.719. The van der Waals surface area contributed by atoms with E-state index >= 15 is 0 Å². The maximum Gasteiger partial charge on any atom is 0.259 e. The fourth-order valence-corrected chi connectivity index (χ4v) is 2.04. The van der Waals surface area contributed by atoms with Gasteiger partial charge in [-0.2, -0.15) is 5.21 Å². The van der Waals surface area contributed by atoms with Crippen LogP contribution in [0.3, 0.4) is 0 Å². The molecule has 0 aliphatic carbocycles. The third-order valence-electron chi connectivity index (χ3n) is 3.23. The van der Waals surface area contributed by atoms with Crippen molar-refractivity contribution in [3.8, 4) is 11.5 Å². The van der Waals surface area contributed by atoms with Gasteiger partial charge >= 0.3 is 0 Å². The Morgan fingerprint density at radius 2 is 1.96 bits per heavy atom. The Morgan fingerprint density at radius 3 is 2.67 bits per heavy atom. The van der Waals surface area contributed by atoms with Crippen molar-refractivity contribution in [2.75, 3.05) is 12.4 Å². The zero-order valence-corrected chi connectivity index (χ0v) is 12.9. The van der Waals surface area contributed by atoms with Crippen molar-refractivity contribution >= 4 is 11.6 Å². The lowest BCUT2D eigenvalue weighted by molar-refractivity contribution is 0.102. The largest absolute Gasteiger partial charge is 0.497 e. The van der Waals surface area contributed by atoms with Crippen LogP contribution in [0.5, 0.6) is 11.5 Å². The van der Waals surface area contributed by atoms with Crippen molar-refractivity contribution in [2.45, 2.75) is 6.61 Å². The molecule has 0 unspecified atom stereocenters. The van der Waals surface area contributed by atoms with Gasteiger partial charge in [-0.1, -0.05) is 17.3 Å². The van der Waals surface area contributed by atoms with Crippen LogP contribution in [0.15, 0.2) is 48.5 Å². The number of hydrogen-bond acceptors (Lipinski definition) is 6. The van der Waals surface area contributed by atoms with E-state index in [0.717, 1.165) is 5.75 Å². The molecule has 0 fully saturated rings. The number of nitrogens with zero attached hydrogens (tertiary/aromatic N) is 3. The van der Waals surface area contributed by atoms with Gasteiger partial charge in [-0.15, -0.1) is 10.2 Å². The first-order valence-electron chi connectivity index (χ1n) is 7.16. The highest BCUT2D eigenvalue weighted by Crippen LogP contribution is 2.21. The zero-order chi connectivity index (χ0) is 16.8. The topological polar surface area (TPSA) is 102 Å². The molecule has 122 valence electrons. The molecule has 1 heterocycles. The molecule has 0 saturated heterocycles. The summed E-state index contributed by atoms with van der Waals surface area (Å²) in [4.78, 5) is 12.5. The molecule has 3 rings (SSSR count). The van der Waals surface area contributed by atoms with Gasteiger partial charge in [-0.05, 0) is 36.4 Å². The van der Waals surface area contributed by atoms with Crippen LogP contribution in [0.1, 0.15) is 16.2 Å². The van der Waals surface area contributed by atoms with E-state index in [0.29, 0.717) is 22.8 Å². The maximum absolute atomic E-state index is 12.5. The second-order valence-electron chi connectivity index (χ2n) is 4.80. The summed E-state index contributed by atoms with van der Waals surface area (Å²) < 4.78 is 10.7. The predicted octanol–water partition coefficient (Wildman–Crippen LogP) is 2.04. The van der Waals surface area contributed by atoms with Gasteiger partial charge in [-0.3, -0.25) is 4.79 Å².